The predicted molar refractivity (Wildman–Crippen MR) is 90.9 cm³/mol. The van der Waals surface area contributed by atoms with Gasteiger partial charge in [0.2, 0.25) is 10.0 Å². The maximum Gasteiger partial charge on any atom is 0.244 e. The third-order valence-electron chi connectivity index (χ3n) is 4.42. The molecule has 2 aromatic carbocycles. The maximum atomic E-state index is 13.1. The van der Waals surface area contributed by atoms with Gasteiger partial charge < -0.3 is 4.90 Å². The Bertz CT molecular complexity index is 842. The number of hydrogen-bond acceptors (Lipinski definition) is 3. The van der Waals surface area contributed by atoms with E-state index >= 15 is 0 Å². The summed E-state index contributed by atoms with van der Waals surface area (Å²) in [5, 5.41) is 8.89. The van der Waals surface area contributed by atoms with Crippen molar-refractivity contribution < 1.29 is 13.3 Å². The number of hydrogen-bond donors (Lipinski definition) is 1. The fourth-order valence-corrected chi connectivity index (χ4v) is 4.69. The van der Waals surface area contributed by atoms with Gasteiger partial charge in [-0.3, -0.25) is 0 Å². The molecule has 0 aromatic heterocycles. The topological polar surface area (TPSA) is 65.6 Å². The zero-order valence-corrected chi connectivity index (χ0v) is 14.3. The van der Waals surface area contributed by atoms with Crippen LogP contribution in [-0.2, 0) is 10.0 Å². The summed E-state index contributed by atoms with van der Waals surface area (Å²) in [5.74, 6) is 0. The Kier molecular flexibility index (Phi) is 4.67. The minimum absolute atomic E-state index is 0.180. The Labute approximate surface area is 142 Å². The van der Waals surface area contributed by atoms with Gasteiger partial charge in [0, 0.05) is 0 Å². The minimum atomic E-state index is -3.60. The highest BCUT2D eigenvalue weighted by molar-refractivity contribution is 7.89. The van der Waals surface area contributed by atoms with Gasteiger partial charge in [0.15, 0.2) is 0 Å². The molecule has 1 aliphatic rings. The summed E-state index contributed by atoms with van der Waals surface area (Å²) < 4.78 is 27.8. The molecule has 1 aliphatic heterocycles. The molecule has 3 rings (SSSR count). The predicted octanol–water partition coefficient (Wildman–Crippen LogP) is 0.819. The van der Waals surface area contributed by atoms with Gasteiger partial charge in [-0.05, 0) is 29.8 Å². The smallest absolute Gasteiger partial charge is 0.244 e. The first-order chi connectivity index (χ1) is 11.5. The summed E-state index contributed by atoms with van der Waals surface area (Å²) >= 11 is 0. The summed E-state index contributed by atoms with van der Waals surface area (Å²) in [5.41, 5.74) is 1.46. The first kappa shape index (κ1) is 16.7. The van der Waals surface area contributed by atoms with Crippen LogP contribution in [0, 0.1) is 11.3 Å². The Morgan fingerprint density at radius 2 is 1.79 bits per heavy atom. The molecule has 0 saturated carbocycles. The van der Waals surface area contributed by atoms with E-state index in [1.54, 1.807) is 16.4 Å². The second-order valence-electron chi connectivity index (χ2n) is 6.09. The van der Waals surface area contributed by atoms with Gasteiger partial charge in [-0.15, -0.1) is 0 Å². The van der Waals surface area contributed by atoms with Crippen molar-refractivity contribution in [3.63, 3.8) is 0 Å². The molecule has 0 spiro atoms. The Morgan fingerprint density at radius 1 is 1.12 bits per heavy atom. The van der Waals surface area contributed by atoms with E-state index in [4.69, 9.17) is 5.26 Å². The van der Waals surface area contributed by atoms with E-state index in [-0.39, 0.29) is 10.9 Å². The van der Waals surface area contributed by atoms with Gasteiger partial charge in [0.25, 0.3) is 0 Å². The van der Waals surface area contributed by atoms with Crippen LogP contribution in [0.4, 0.5) is 0 Å². The van der Waals surface area contributed by atoms with Gasteiger partial charge in [0.05, 0.1) is 49.3 Å². The highest BCUT2D eigenvalue weighted by Gasteiger charge is 2.38. The van der Waals surface area contributed by atoms with Crippen molar-refractivity contribution in [1.29, 1.82) is 5.26 Å². The molecule has 1 N–H and O–H groups in total. The maximum absolute atomic E-state index is 13.1. The van der Waals surface area contributed by atoms with E-state index in [9.17, 15) is 8.42 Å². The molecule has 24 heavy (non-hydrogen) atoms. The van der Waals surface area contributed by atoms with Crippen LogP contribution >= 0.6 is 0 Å². The summed E-state index contributed by atoms with van der Waals surface area (Å²) in [6.45, 7) is 1.99. The van der Waals surface area contributed by atoms with E-state index < -0.39 is 10.0 Å². The molecule has 2 aromatic rings. The third-order valence-corrected chi connectivity index (χ3v) is 6.35. The highest BCUT2D eigenvalue weighted by Crippen LogP contribution is 2.27. The monoisotopic (exact) mass is 342 g/mol. The molecule has 0 radical (unpaired) electrons. The molecule has 1 heterocycles. The normalized spacial score (nSPS) is 22.0. The second-order valence-corrected chi connectivity index (χ2v) is 7.98. The van der Waals surface area contributed by atoms with Gasteiger partial charge in [-0.25, -0.2) is 8.42 Å². The summed E-state index contributed by atoms with van der Waals surface area (Å²) in [4.78, 5) is 1.55. The molecule has 0 amide bonds. The molecule has 1 fully saturated rings. The summed E-state index contributed by atoms with van der Waals surface area (Å²) in [6.07, 6.45) is 0. The molecule has 124 valence electrons. The van der Waals surface area contributed by atoms with E-state index in [2.05, 4.69) is 7.05 Å². The summed E-state index contributed by atoms with van der Waals surface area (Å²) in [7, 11) is -1.51. The van der Waals surface area contributed by atoms with E-state index in [1.807, 2.05) is 36.4 Å². The minimum Gasteiger partial charge on any atom is -0.335 e. The molecule has 0 aliphatic carbocycles. The molecule has 2 atom stereocenters. The van der Waals surface area contributed by atoms with Gasteiger partial charge >= 0.3 is 0 Å². The highest BCUT2D eigenvalue weighted by atomic mass is 32.2. The van der Waals surface area contributed by atoms with Crippen LogP contribution in [0.15, 0.2) is 59.5 Å². The number of likely N-dealkylation sites (N-methyl/N-ethyl adjacent to an activating group) is 1. The SMILES string of the molecule is C[NH+]1CCN(S(=O)(=O)c2ccc(C#N)cc2)[C@H](c2ccccc2)C1. The lowest BCUT2D eigenvalue weighted by Crippen LogP contribution is -3.12. The Balaban J connectivity index is 1.99. The number of sulfonamides is 1. The molecule has 5 nitrogen and oxygen atoms in total. The van der Waals surface area contributed by atoms with Crippen LogP contribution in [0.1, 0.15) is 17.2 Å². The van der Waals surface area contributed by atoms with Crippen molar-refractivity contribution in [2.24, 2.45) is 0 Å². The second kappa shape index (κ2) is 6.73. The van der Waals surface area contributed by atoms with Gasteiger partial charge in [0.1, 0.15) is 0 Å². The first-order valence-electron chi connectivity index (χ1n) is 7.90. The third kappa shape index (κ3) is 3.20. The number of quaternary nitrogens is 1. The van der Waals surface area contributed by atoms with E-state index in [0.29, 0.717) is 12.1 Å². The van der Waals surface area contributed by atoms with Crippen molar-refractivity contribution in [3.05, 3.63) is 65.7 Å². The van der Waals surface area contributed by atoms with Crippen LogP contribution in [0.5, 0.6) is 0 Å². The molecular formula is C18H20N3O2S+. The molecule has 1 unspecified atom stereocenters. The number of piperazine rings is 1. The Hall–Kier alpha value is -2.20. The number of rotatable bonds is 3. The number of nitrogens with zero attached hydrogens (tertiary/aromatic N) is 2. The standard InChI is InChI=1S/C18H19N3O2S/c1-20-11-12-21(18(14-20)16-5-3-2-4-6-16)24(22,23)17-9-7-15(13-19)8-10-17/h2-10,18H,11-12,14H2,1H3/p+1/t18-/m0/s1. The fraction of sp³-hybridized carbons (Fsp3) is 0.278. The molecular weight excluding hydrogens is 322 g/mol. The largest absolute Gasteiger partial charge is 0.335 e. The molecule has 6 heteroatoms. The van der Waals surface area contributed by atoms with Crippen molar-refractivity contribution in [2.45, 2.75) is 10.9 Å². The lowest BCUT2D eigenvalue weighted by Gasteiger charge is -2.37. The van der Waals surface area contributed by atoms with Gasteiger partial charge in [-0.1, -0.05) is 30.3 Å². The van der Waals surface area contributed by atoms with Crippen molar-refractivity contribution in [2.75, 3.05) is 26.7 Å². The van der Waals surface area contributed by atoms with E-state index in [0.717, 1.165) is 18.7 Å². The van der Waals surface area contributed by atoms with Gasteiger partial charge in [-0.2, -0.15) is 9.57 Å². The lowest BCUT2D eigenvalue weighted by atomic mass is 10.1. The number of nitriles is 1. The van der Waals surface area contributed by atoms with Crippen LogP contribution in [-0.4, -0.2) is 39.4 Å². The van der Waals surface area contributed by atoms with Crippen LogP contribution in [0.25, 0.3) is 0 Å². The number of nitrogens with one attached hydrogen (secondary N) is 1. The molecule has 1 saturated heterocycles. The van der Waals surface area contributed by atoms with Crippen LogP contribution in [0.3, 0.4) is 0 Å². The number of benzene rings is 2. The molecule has 0 bridgehead atoms. The average Bonchev–Trinajstić information content (AvgIpc) is 2.62. The van der Waals surface area contributed by atoms with Crippen LogP contribution in [0.2, 0.25) is 0 Å². The van der Waals surface area contributed by atoms with Crippen molar-refractivity contribution in [3.8, 4) is 6.07 Å². The first-order valence-corrected chi connectivity index (χ1v) is 9.34. The zero-order chi connectivity index (χ0) is 17.2. The quantitative estimate of drug-likeness (QED) is 0.898. The van der Waals surface area contributed by atoms with Crippen molar-refractivity contribution in [1.82, 2.24) is 4.31 Å². The van der Waals surface area contributed by atoms with Crippen molar-refractivity contribution >= 4 is 10.0 Å². The summed E-state index contributed by atoms with van der Waals surface area (Å²) in [6, 6.07) is 17.7. The van der Waals surface area contributed by atoms with Crippen LogP contribution < -0.4 is 4.90 Å². The lowest BCUT2D eigenvalue weighted by molar-refractivity contribution is -0.887. The average molecular weight is 342 g/mol. The Morgan fingerprint density at radius 3 is 2.42 bits per heavy atom. The fourth-order valence-electron chi connectivity index (χ4n) is 3.07. The zero-order valence-electron chi connectivity index (χ0n) is 13.5. The van der Waals surface area contributed by atoms with E-state index in [1.165, 1.54) is 17.0 Å².